The number of fused-ring (bicyclic) bond motifs is 1. The van der Waals surface area contributed by atoms with Crippen molar-refractivity contribution in [1.29, 1.82) is 0 Å². The summed E-state index contributed by atoms with van der Waals surface area (Å²) in [7, 11) is -2.16. The molecule has 2 heterocycles. The zero-order chi connectivity index (χ0) is 30.4. The van der Waals surface area contributed by atoms with Crippen molar-refractivity contribution < 1.29 is 31.7 Å². The van der Waals surface area contributed by atoms with E-state index in [4.69, 9.17) is 4.74 Å². The van der Waals surface area contributed by atoms with Crippen LogP contribution in [0.1, 0.15) is 42.3 Å². The summed E-state index contributed by atoms with van der Waals surface area (Å²) in [6, 6.07) is 13.4. The van der Waals surface area contributed by atoms with Crippen LogP contribution in [0.25, 0.3) is 0 Å². The van der Waals surface area contributed by atoms with Gasteiger partial charge in [-0.1, -0.05) is 26.0 Å². The number of para-hydroxylation sites is 1. The van der Waals surface area contributed by atoms with Gasteiger partial charge in [-0.3, -0.25) is 9.36 Å². The van der Waals surface area contributed by atoms with Crippen LogP contribution in [0, 0.1) is 5.82 Å². The number of carbonyl (C=O) groups excluding carboxylic acids is 1. The zero-order valence-electron chi connectivity index (χ0n) is 23.8. The Bertz CT molecular complexity index is 1540. The van der Waals surface area contributed by atoms with Crippen molar-refractivity contribution in [1.82, 2.24) is 4.67 Å². The van der Waals surface area contributed by atoms with Crippen LogP contribution in [0.2, 0.25) is 0 Å². The van der Waals surface area contributed by atoms with E-state index in [1.807, 2.05) is 20.9 Å². The number of morpholine rings is 1. The molecule has 42 heavy (non-hydrogen) atoms. The second-order valence-electron chi connectivity index (χ2n) is 11.2. The molecule has 0 aliphatic carbocycles. The van der Waals surface area contributed by atoms with Gasteiger partial charge in [0, 0.05) is 42.8 Å². The van der Waals surface area contributed by atoms with Crippen LogP contribution in [0.5, 0.6) is 0 Å². The Balaban J connectivity index is 1.71. The van der Waals surface area contributed by atoms with Crippen molar-refractivity contribution in [3.63, 3.8) is 0 Å². The van der Waals surface area contributed by atoms with E-state index in [0.717, 1.165) is 29.4 Å². The molecule has 0 aromatic heterocycles. The summed E-state index contributed by atoms with van der Waals surface area (Å²) in [5.41, 5.74) is 0.318. The molecule has 0 spiro atoms. The van der Waals surface area contributed by atoms with Gasteiger partial charge in [0.15, 0.2) is 0 Å². The third kappa shape index (κ3) is 5.41. The Morgan fingerprint density at radius 1 is 1.02 bits per heavy atom. The number of nitrogens with one attached hydrogen (secondary N) is 2. The fourth-order valence-corrected chi connectivity index (χ4v) is 8.12. The maximum atomic E-state index is 15.4. The molecule has 1 fully saturated rings. The summed E-state index contributed by atoms with van der Waals surface area (Å²) in [6.07, 6.45) is -4.70. The van der Waals surface area contributed by atoms with Crippen LogP contribution in [0.15, 0.2) is 60.7 Å². The lowest BCUT2D eigenvalue weighted by Gasteiger charge is -2.37. The Labute approximate surface area is 242 Å². The molecule has 2 unspecified atom stereocenters. The topological polar surface area (TPSA) is 73.9 Å². The van der Waals surface area contributed by atoms with Crippen molar-refractivity contribution >= 4 is 35.7 Å². The van der Waals surface area contributed by atoms with Gasteiger partial charge in [0.05, 0.1) is 35.5 Å². The molecule has 3 aromatic carbocycles. The predicted octanol–water partition coefficient (Wildman–Crippen LogP) is 6.48. The first-order valence-electron chi connectivity index (χ1n) is 13.6. The highest BCUT2D eigenvalue weighted by Gasteiger charge is 2.45. The molecule has 2 atom stereocenters. The number of hydrogen-bond donors (Lipinski definition) is 2. The minimum Gasteiger partial charge on any atom is -0.379 e. The molecule has 1 saturated heterocycles. The normalized spacial score (nSPS) is 20.1. The average Bonchev–Trinajstić information content (AvgIpc) is 3.12. The van der Waals surface area contributed by atoms with E-state index in [-0.39, 0.29) is 54.6 Å². The Morgan fingerprint density at radius 2 is 1.67 bits per heavy atom. The van der Waals surface area contributed by atoms with E-state index in [1.54, 1.807) is 16.8 Å². The summed E-state index contributed by atoms with van der Waals surface area (Å²) in [5.74, 6) is -1.08. The number of benzene rings is 3. The number of halogens is 4. The van der Waals surface area contributed by atoms with E-state index < -0.39 is 36.3 Å². The number of amides is 1. The standard InChI is InChI=1S/C30H33F4N4O3P/c1-19-29(2,3)23-17-27(25(18-26(23)37(19)4)35-28(39)20-9-11-21(31)12-10-20)42(40,38-13-15-41-16-14-38)36-24-8-6-5-7-22(24)30(32,33)34/h5-12,17-19H,13-16H2,1-4H3,(H,35,39)(H,36,40). The summed E-state index contributed by atoms with van der Waals surface area (Å²) < 4.78 is 78.1. The minimum atomic E-state index is -4.70. The maximum absolute atomic E-state index is 15.4. The van der Waals surface area contributed by atoms with Gasteiger partial charge in [0.25, 0.3) is 13.4 Å². The van der Waals surface area contributed by atoms with Gasteiger partial charge < -0.3 is 20.0 Å². The number of rotatable bonds is 6. The summed E-state index contributed by atoms with van der Waals surface area (Å²) in [5, 5.41) is 5.82. The SMILES string of the molecule is CC1N(C)c2cc(NC(=O)c3ccc(F)cc3)c(P(=O)(Nc3ccccc3C(F)(F)F)N3CCOCC3)cc2C1(C)C. The monoisotopic (exact) mass is 604 g/mol. The van der Waals surface area contributed by atoms with E-state index >= 15 is 4.57 Å². The van der Waals surface area contributed by atoms with E-state index in [2.05, 4.69) is 22.2 Å². The highest BCUT2D eigenvalue weighted by Crippen LogP contribution is 2.55. The molecule has 7 nitrogen and oxygen atoms in total. The van der Waals surface area contributed by atoms with Crippen LogP contribution < -0.4 is 20.6 Å². The highest BCUT2D eigenvalue weighted by atomic mass is 31.2. The Kier molecular flexibility index (Phi) is 7.89. The first-order chi connectivity index (χ1) is 19.7. The van der Waals surface area contributed by atoms with Gasteiger partial charge in [-0.05, 0) is 61.0 Å². The van der Waals surface area contributed by atoms with Crippen LogP contribution >= 0.6 is 7.44 Å². The van der Waals surface area contributed by atoms with Crippen molar-refractivity contribution in [2.24, 2.45) is 0 Å². The molecule has 224 valence electrons. The smallest absolute Gasteiger partial charge is 0.379 e. The zero-order valence-corrected chi connectivity index (χ0v) is 24.7. The van der Waals surface area contributed by atoms with E-state index in [1.165, 1.54) is 30.3 Å². The quantitative estimate of drug-likeness (QED) is 0.248. The van der Waals surface area contributed by atoms with Crippen molar-refractivity contribution in [2.45, 2.75) is 38.4 Å². The molecule has 0 bridgehead atoms. The summed E-state index contributed by atoms with van der Waals surface area (Å²) >= 11 is 0. The minimum absolute atomic E-state index is 0.0325. The molecular weight excluding hydrogens is 571 g/mol. The third-order valence-corrected chi connectivity index (χ3v) is 11.1. The fraction of sp³-hybridized carbons (Fsp3) is 0.367. The van der Waals surface area contributed by atoms with Gasteiger partial charge in [-0.2, -0.15) is 13.2 Å². The second kappa shape index (κ2) is 11.0. The molecule has 2 N–H and O–H groups in total. The largest absolute Gasteiger partial charge is 0.418 e. The number of nitrogens with zero attached hydrogens (tertiary/aromatic N) is 2. The number of alkyl halides is 3. The third-order valence-electron chi connectivity index (χ3n) is 8.38. The summed E-state index contributed by atoms with van der Waals surface area (Å²) in [6.45, 7) is 7.01. The summed E-state index contributed by atoms with van der Waals surface area (Å²) in [4.78, 5) is 15.4. The van der Waals surface area contributed by atoms with Gasteiger partial charge in [-0.25, -0.2) is 9.06 Å². The number of carbonyl (C=O) groups is 1. The molecule has 0 saturated carbocycles. The first-order valence-corrected chi connectivity index (χ1v) is 15.3. The van der Waals surface area contributed by atoms with Crippen LogP contribution in [-0.4, -0.2) is 50.0 Å². The van der Waals surface area contributed by atoms with Crippen LogP contribution in [0.3, 0.4) is 0 Å². The Hall–Kier alpha value is -3.40. The van der Waals surface area contributed by atoms with E-state index in [0.29, 0.717) is 0 Å². The van der Waals surface area contributed by atoms with Crippen LogP contribution in [-0.2, 0) is 20.9 Å². The van der Waals surface area contributed by atoms with Crippen molar-refractivity contribution in [3.8, 4) is 0 Å². The highest BCUT2D eigenvalue weighted by molar-refractivity contribution is 7.71. The lowest BCUT2D eigenvalue weighted by atomic mass is 9.81. The molecule has 5 rings (SSSR count). The van der Waals surface area contributed by atoms with Crippen molar-refractivity contribution in [2.75, 3.05) is 48.7 Å². The lowest BCUT2D eigenvalue weighted by Crippen LogP contribution is -2.40. The van der Waals surface area contributed by atoms with Gasteiger partial charge in [0.1, 0.15) is 5.82 Å². The Morgan fingerprint density at radius 3 is 2.31 bits per heavy atom. The van der Waals surface area contributed by atoms with Crippen molar-refractivity contribution in [3.05, 3.63) is 83.2 Å². The van der Waals surface area contributed by atoms with E-state index in [9.17, 15) is 22.4 Å². The molecule has 0 radical (unpaired) electrons. The van der Waals surface area contributed by atoms with Gasteiger partial charge in [0.2, 0.25) is 0 Å². The number of ether oxygens (including phenoxy) is 1. The number of likely N-dealkylation sites (N-methyl/N-ethyl adjacent to an activating group) is 1. The number of anilines is 3. The van der Waals surface area contributed by atoms with Crippen LogP contribution in [0.4, 0.5) is 34.6 Å². The average molecular weight is 605 g/mol. The molecule has 2 aliphatic heterocycles. The molecule has 3 aromatic rings. The molecular formula is C30H33F4N4O3P. The maximum Gasteiger partial charge on any atom is 0.418 e. The predicted molar refractivity (Wildman–Crippen MR) is 156 cm³/mol. The molecule has 12 heteroatoms. The van der Waals surface area contributed by atoms with Gasteiger partial charge in [-0.15, -0.1) is 0 Å². The fourth-order valence-electron chi connectivity index (χ4n) is 5.56. The lowest BCUT2D eigenvalue weighted by molar-refractivity contribution is -0.136. The second-order valence-corrected chi connectivity index (χ2v) is 13.6. The molecule has 2 aliphatic rings. The number of hydrogen-bond acceptors (Lipinski definition) is 4. The first kappa shape index (κ1) is 30.1. The molecule has 1 amide bonds. The van der Waals surface area contributed by atoms with Gasteiger partial charge >= 0.3 is 6.18 Å².